The molecule has 1 N–H and O–H groups in total. The van der Waals surface area contributed by atoms with Gasteiger partial charge in [-0.05, 0) is 65.7 Å². The maximum absolute atomic E-state index is 12.7. The molecule has 0 radical (unpaired) electrons. The Labute approximate surface area is 187 Å². The van der Waals surface area contributed by atoms with Gasteiger partial charge in [-0.15, -0.1) is 10.2 Å². The van der Waals surface area contributed by atoms with E-state index >= 15 is 0 Å². The zero-order valence-corrected chi connectivity index (χ0v) is 17.8. The molecule has 0 saturated heterocycles. The molecule has 4 aromatic rings. The van der Waals surface area contributed by atoms with Gasteiger partial charge in [-0.2, -0.15) is 0 Å². The number of nitro benzene ring substituents is 1. The maximum atomic E-state index is 12.7. The average molecular weight is 446 g/mol. The van der Waals surface area contributed by atoms with Gasteiger partial charge >= 0.3 is 0 Å². The minimum atomic E-state index is -0.511. The number of aromatic nitrogens is 4. The summed E-state index contributed by atoms with van der Waals surface area (Å²) in [6.07, 6.45) is 5.77. The lowest BCUT2D eigenvalue weighted by Crippen LogP contribution is -2.12. The number of rotatable bonds is 7. The molecule has 2 heterocycles. The molecule has 10 heteroatoms. The minimum Gasteiger partial charge on any atom is -0.322 e. The van der Waals surface area contributed by atoms with Crippen LogP contribution in [0.3, 0.4) is 0 Å². The van der Waals surface area contributed by atoms with Crippen molar-refractivity contribution < 1.29 is 9.72 Å². The van der Waals surface area contributed by atoms with Crippen molar-refractivity contribution in [2.75, 3.05) is 5.32 Å². The van der Waals surface area contributed by atoms with Gasteiger partial charge in [0, 0.05) is 36.8 Å². The molecule has 0 bridgehead atoms. The number of carbonyl (C=O) groups is 1. The lowest BCUT2D eigenvalue weighted by atomic mass is 10.1. The minimum absolute atomic E-state index is 0.168. The molecule has 2 aromatic carbocycles. The molecule has 0 spiro atoms. The smallest absolute Gasteiger partial charge is 0.284 e. The van der Waals surface area contributed by atoms with Gasteiger partial charge in [0.2, 0.25) is 0 Å². The van der Waals surface area contributed by atoms with Gasteiger partial charge in [-0.3, -0.25) is 19.9 Å². The van der Waals surface area contributed by atoms with Gasteiger partial charge in [-0.1, -0.05) is 12.1 Å². The highest BCUT2D eigenvalue weighted by Crippen LogP contribution is 2.34. The van der Waals surface area contributed by atoms with Crippen LogP contribution in [0.2, 0.25) is 0 Å². The van der Waals surface area contributed by atoms with E-state index in [1.807, 2.05) is 24.3 Å². The van der Waals surface area contributed by atoms with Gasteiger partial charge in [0.15, 0.2) is 5.16 Å². The van der Waals surface area contributed by atoms with Crippen LogP contribution in [0.25, 0.3) is 0 Å². The Balaban J connectivity index is 1.47. The summed E-state index contributed by atoms with van der Waals surface area (Å²) in [4.78, 5) is 28.1. The van der Waals surface area contributed by atoms with E-state index in [9.17, 15) is 14.9 Å². The molecular weight excluding hydrogens is 428 g/mol. The quantitative estimate of drug-likeness (QED) is 0.335. The first-order valence-corrected chi connectivity index (χ1v) is 10.4. The SMILES string of the molecule is Cn1cnnc1Sc1ccc(C(=O)Nc2ccc(Cc3ccncc3)cc2)cc1[N+](=O)[O-]. The van der Waals surface area contributed by atoms with Gasteiger partial charge in [0.05, 0.1) is 9.82 Å². The zero-order valence-electron chi connectivity index (χ0n) is 17.0. The number of hydrogen-bond donors (Lipinski definition) is 1. The van der Waals surface area contributed by atoms with Crippen molar-refractivity contribution in [2.24, 2.45) is 7.05 Å². The number of anilines is 1. The van der Waals surface area contributed by atoms with E-state index in [-0.39, 0.29) is 11.3 Å². The lowest BCUT2D eigenvalue weighted by molar-refractivity contribution is -0.387. The monoisotopic (exact) mass is 446 g/mol. The fraction of sp³-hybridized carbons (Fsp3) is 0.0909. The standard InChI is InChI=1S/C22H18N6O3S/c1-27-14-24-26-22(27)32-20-7-4-17(13-19(20)28(30)31)21(29)25-18-5-2-15(3-6-18)12-16-8-10-23-11-9-16/h2-11,13-14H,12H2,1H3,(H,25,29). The number of nitrogens with zero attached hydrogens (tertiary/aromatic N) is 5. The summed E-state index contributed by atoms with van der Waals surface area (Å²) in [6.45, 7) is 0. The van der Waals surface area contributed by atoms with Crippen LogP contribution in [-0.2, 0) is 13.5 Å². The maximum Gasteiger partial charge on any atom is 0.284 e. The summed E-state index contributed by atoms with van der Waals surface area (Å²) in [5.41, 5.74) is 2.87. The molecule has 0 aliphatic rings. The number of nitro groups is 1. The number of amides is 1. The Hall–Kier alpha value is -4.05. The van der Waals surface area contributed by atoms with Crippen LogP contribution in [0.1, 0.15) is 21.5 Å². The van der Waals surface area contributed by atoms with Crippen LogP contribution in [0, 0.1) is 10.1 Å². The van der Waals surface area contributed by atoms with E-state index in [0.717, 1.165) is 29.3 Å². The number of nitrogens with one attached hydrogen (secondary N) is 1. The van der Waals surface area contributed by atoms with Crippen molar-refractivity contribution in [3.63, 3.8) is 0 Å². The zero-order chi connectivity index (χ0) is 22.5. The van der Waals surface area contributed by atoms with E-state index in [2.05, 4.69) is 20.5 Å². The summed E-state index contributed by atoms with van der Waals surface area (Å²) in [5.74, 6) is -0.426. The van der Waals surface area contributed by atoms with E-state index < -0.39 is 10.8 Å². The largest absolute Gasteiger partial charge is 0.322 e. The van der Waals surface area contributed by atoms with Crippen LogP contribution < -0.4 is 5.32 Å². The van der Waals surface area contributed by atoms with Gasteiger partial charge in [-0.25, -0.2) is 0 Å². The van der Waals surface area contributed by atoms with Crippen molar-refractivity contribution in [3.8, 4) is 0 Å². The Morgan fingerprint density at radius 2 is 1.81 bits per heavy atom. The van der Waals surface area contributed by atoms with Crippen molar-refractivity contribution in [1.29, 1.82) is 0 Å². The number of aryl methyl sites for hydroxylation is 1. The van der Waals surface area contributed by atoms with E-state index in [1.54, 1.807) is 48.3 Å². The van der Waals surface area contributed by atoms with Crippen LogP contribution in [0.15, 0.2) is 83.4 Å². The van der Waals surface area contributed by atoms with Crippen molar-refractivity contribution in [1.82, 2.24) is 19.7 Å². The van der Waals surface area contributed by atoms with E-state index in [4.69, 9.17) is 0 Å². The lowest BCUT2D eigenvalue weighted by Gasteiger charge is -2.08. The van der Waals surface area contributed by atoms with Crippen LogP contribution in [0.4, 0.5) is 11.4 Å². The molecule has 4 rings (SSSR count). The third-order valence-corrected chi connectivity index (χ3v) is 5.78. The fourth-order valence-corrected chi connectivity index (χ4v) is 3.85. The Morgan fingerprint density at radius 3 is 2.47 bits per heavy atom. The summed E-state index contributed by atoms with van der Waals surface area (Å²) >= 11 is 1.11. The first-order valence-electron chi connectivity index (χ1n) is 9.59. The Bertz CT molecular complexity index is 1260. The van der Waals surface area contributed by atoms with Crippen LogP contribution >= 0.6 is 11.8 Å². The first kappa shape index (κ1) is 21.2. The number of pyridine rings is 1. The fourth-order valence-electron chi connectivity index (χ4n) is 3.00. The van der Waals surface area contributed by atoms with Gasteiger partial charge in [0.25, 0.3) is 11.6 Å². The van der Waals surface area contributed by atoms with Crippen molar-refractivity contribution >= 4 is 29.0 Å². The summed E-state index contributed by atoms with van der Waals surface area (Å²) < 4.78 is 1.66. The molecule has 32 heavy (non-hydrogen) atoms. The molecular formula is C22H18N6O3S. The number of benzene rings is 2. The highest BCUT2D eigenvalue weighted by Gasteiger charge is 2.20. The van der Waals surface area contributed by atoms with E-state index in [1.165, 1.54) is 12.4 Å². The summed E-state index contributed by atoms with van der Waals surface area (Å²) in [6, 6.07) is 15.7. The molecule has 1 amide bonds. The average Bonchev–Trinajstić information content (AvgIpc) is 3.20. The number of carbonyl (C=O) groups excluding carboxylic acids is 1. The third kappa shape index (κ3) is 4.98. The third-order valence-electron chi connectivity index (χ3n) is 4.66. The predicted molar refractivity (Wildman–Crippen MR) is 120 cm³/mol. The molecule has 0 aliphatic heterocycles. The summed E-state index contributed by atoms with van der Waals surface area (Å²) in [5, 5.41) is 22.6. The van der Waals surface area contributed by atoms with Crippen molar-refractivity contribution in [3.05, 3.63) is 100 Å². The second kappa shape index (κ2) is 9.40. The Morgan fingerprint density at radius 1 is 1.09 bits per heavy atom. The highest BCUT2D eigenvalue weighted by molar-refractivity contribution is 7.99. The molecule has 0 atom stereocenters. The van der Waals surface area contributed by atoms with Gasteiger partial charge < -0.3 is 9.88 Å². The predicted octanol–water partition coefficient (Wildman–Crippen LogP) is 4.11. The molecule has 0 unspecified atom stereocenters. The van der Waals surface area contributed by atoms with E-state index in [0.29, 0.717) is 15.7 Å². The van der Waals surface area contributed by atoms with Crippen LogP contribution in [-0.4, -0.2) is 30.6 Å². The molecule has 2 aromatic heterocycles. The molecule has 160 valence electrons. The molecule has 0 aliphatic carbocycles. The van der Waals surface area contributed by atoms with Gasteiger partial charge in [0.1, 0.15) is 6.33 Å². The van der Waals surface area contributed by atoms with Crippen molar-refractivity contribution in [2.45, 2.75) is 16.5 Å². The molecule has 0 fully saturated rings. The number of hydrogen-bond acceptors (Lipinski definition) is 7. The normalized spacial score (nSPS) is 10.7. The van der Waals surface area contributed by atoms with Crippen LogP contribution in [0.5, 0.6) is 0 Å². The first-order chi connectivity index (χ1) is 15.5. The second-order valence-electron chi connectivity index (χ2n) is 6.95. The second-order valence-corrected chi connectivity index (χ2v) is 7.96. The summed E-state index contributed by atoms with van der Waals surface area (Å²) in [7, 11) is 1.75. The molecule has 0 saturated carbocycles. The Kier molecular flexibility index (Phi) is 6.22. The molecule has 9 nitrogen and oxygen atoms in total. The topological polar surface area (TPSA) is 116 Å². The highest BCUT2D eigenvalue weighted by atomic mass is 32.2.